The number of fused-ring (bicyclic) bond motifs is 1. The summed E-state index contributed by atoms with van der Waals surface area (Å²) < 4.78 is 28.6. The molecule has 1 fully saturated rings. The van der Waals surface area contributed by atoms with Gasteiger partial charge in [0.05, 0.1) is 16.9 Å². The van der Waals surface area contributed by atoms with Crippen LogP contribution in [0, 0.1) is 11.6 Å². The lowest BCUT2D eigenvalue weighted by atomic mass is 10.1. The highest BCUT2D eigenvalue weighted by Crippen LogP contribution is 2.33. The first-order valence-corrected chi connectivity index (χ1v) is 8.87. The Kier molecular flexibility index (Phi) is 4.68. The minimum Gasteiger partial charge on any atom is -0.366 e. The Bertz CT molecular complexity index is 969. The standard InChI is InChI=1S/C20H18F2N4O2/c21-15-2-1-3-17-19(15)14(20(28)24-17)11-23-13-4-5-18(16(22)10-13)26-8-6-25(12-27)7-9-26/h1-5,10-12,23H,6-9H2,(H,24,28)/b14-11-. The van der Waals surface area contributed by atoms with Gasteiger partial charge in [-0.1, -0.05) is 6.07 Å². The average Bonchev–Trinajstić information content (AvgIpc) is 3.03. The summed E-state index contributed by atoms with van der Waals surface area (Å²) in [4.78, 5) is 26.4. The largest absolute Gasteiger partial charge is 0.366 e. The molecule has 0 spiro atoms. The molecule has 0 bridgehead atoms. The molecule has 0 unspecified atom stereocenters. The molecule has 2 aliphatic heterocycles. The van der Waals surface area contributed by atoms with E-state index in [9.17, 15) is 18.4 Å². The zero-order valence-corrected chi connectivity index (χ0v) is 14.9. The molecule has 4 rings (SSSR count). The van der Waals surface area contributed by atoms with Crippen LogP contribution in [0.25, 0.3) is 5.57 Å². The lowest BCUT2D eigenvalue weighted by molar-refractivity contribution is -0.118. The topological polar surface area (TPSA) is 64.7 Å². The Morgan fingerprint density at radius 2 is 1.82 bits per heavy atom. The van der Waals surface area contributed by atoms with Crippen LogP contribution in [0.5, 0.6) is 0 Å². The van der Waals surface area contributed by atoms with E-state index >= 15 is 0 Å². The average molecular weight is 384 g/mol. The van der Waals surface area contributed by atoms with Gasteiger partial charge < -0.3 is 20.4 Å². The first-order valence-electron chi connectivity index (χ1n) is 8.87. The van der Waals surface area contributed by atoms with Crippen molar-refractivity contribution in [3.05, 3.63) is 59.8 Å². The summed E-state index contributed by atoms with van der Waals surface area (Å²) in [5.41, 5.74) is 1.67. The number of carbonyl (C=O) groups is 2. The van der Waals surface area contributed by atoms with Crippen LogP contribution in [-0.4, -0.2) is 43.4 Å². The predicted octanol–water partition coefficient (Wildman–Crippen LogP) is 2.65. The van der Waals surface area contributed by atoms with Crippen LogP contribution in [0.1, 0.15) is 5.56 Å². The van der Waals surface area contributed by atoms with Crippen LogP contribution in [0.4, 0.5) is 25.8 Å². The molecule has 2 heterocycles. The Morgan fingerprint density at radius 3 is 2.54 bits per heavy atom. The minimum absolute atomic E-state index is 0.155. The Morgan fingerprint density at radius 1 is 1.04 bits per heavy atom. The van der Waals surface area contributed by atoms with Crippen LogP contribution in [-0.2, 0) is 9.59 Å². The van der Waals surface area contributed by atoms with Crippen molar-refractivity contribution in [1.29, 1.82) is 0 Å². The SMILES string of the molecule is O=CN1CCN(c2ccc(N/C=C3\C(=O)Nc4cccc(F)c43)cc2F)CC1. The van der Waals surface area contributed by atoms with Gasteiger partial charge in [-0.25, -0.2) is 8.78 Å². The first kappa shape index (κ1) is 18.0. The van der Waals surface area contributed by atoms with Crippen molar-refractivity contribution in [3.8, 4) is 0 Å². The van der Waals surface area contributed by atoms with E-state index in [2.05, 4.69) is 10.6 Å². The van der Waals surface area contributed by atoms with Crippen molar-refractivity contribution in [2.75, 3.05) is 41.7 Å². The second kappa shape index (κ2) is 7.30. The number of benzene rings is 2. The summed E-state index contributed by atoms with van der Waals surface area (Å²) in [6, 6.07) is 9.09. The van der Waals surface area contributed by atoms with E-state index in [4.69, 9.17) is 0 Å². The molecule has 2 aliphatic rings. The van der Waals surface area contributed by atoms with E-state index in [1.807, 2.05) is 4.90 Å². The maximum atomic E-state index is 14.6. The highest BCUT2D eigenvalue weighted by Gasteiger charge is 2.27. The molecule has 1 saturated heterocycles. The van der Waals surface area contributed by atoms with Gasteiger partial charge in [-0.2, -0.15) is 0 Å². The number of anilines is 3. The first-order chi connectivity index (χ1) is 13.6. The van der Waals surface area contributed by atoms with Gasteiger partial charge in [0.1, 0.15) is 11.6 Å². The van der Waals surface area contributed by atoms with E-state index in [1.54, 1.807) is 23.1 Å². The van der Waals surface area contributed by atoms with Gasteiger partial charge in [-0.15, -0.1) is 0 Å². The molecule has 2 amide bonds. The van der Waals surface area contributed by atoms with Crippen molar-refractivity contribution < 1.29 is 18.4 Å². The molecular weight excluding hydrogens is 366 g/mol. The number of nitrogens with one attached hydrogen (secondary N) is 2. The van der Waals surface area contributed by atoms with Crippen LogP contribution in [0.3, 0.4) is 0 Å². The third-order valence-corrected chi connectivity index (χ3v) is 4.91. The molecule has 2 N–H and O–H groups in total. The number of carbonyl (C=O) groups excluding carboxylic acids is 2. The third kappa shape index (κ3) is 3.28. The van der Waals surface area contributed by atoms with Gasteiger partial charge >= 0.3 is 0 Å². The Hall–Kier alpha value is -3.42. The van der Waals surface area contributed by atoms with Gasteiger partial charge in [0.15, 0.2) is 0 Å². The van der Waals surface area contributed by atoms with Gasteiger partial charge in [-0.3, -0.25) is 9.59 Å². The van der Waals surface area contributed by atoms with Crippen LogP contribution < -0.4 is 15.5 Å². The van der Waals surface area contributed by atoms with Gasteiger partial charge in [0.2, 0.25) is 6.41 Å². The number of amides is 2. The number of halogens is 2. The number of piperazine rings is 1. The minimum atomic E-state index is -0.500. The molecule has 8 heteroatoms. The van der Waals surface area contributed by atoms with Crippen LogP contribution in [0.15, 0.2) is 42.6 Å². The van der Waals surface area contributed by atoms with Gasteiger partial charge in [-0.05, 0) is 30.3 Å². The second-order valence-electron chi connectivity index (χ2n) is 6.61. The fourth-order valence-electron chi connectivity index (χ4n) is 3.42. The normalized spacial score (nSPS) is 17.5. The second-order valence-corrected chi connectivity index (χ2v) is 6.61. The van der Waals surface area contributed by atoms with Gasteiger partial charge in [0.25, 0.3) is 5.91 Å². The van der Waals surface area contributed by atoms with Crippen molar-refractivity contribution >= 4 is 35.0 Å². The van der Waals surface area contributed by atoms with Gasteiger partial charge in [0, 0.05) is 43.6 Å². The molecule has 6 nitrogen and oxygen atoms in total. The summed E-state index contributed by atoms with van der Waals surface area (Å²) >= 11 is 0. The third-order valence-electron chi connectivity index (χ3n) is 4.91. The van der Waals surface area contributed by atoms with Crippen LogP contribution >= 0.6 is 0 Å². The Balaban J connectivity index is 1.51. The lowest BCUT2D eigenvalue weighted by Crippen LogP contribution is -2.46. The maximum Gasteiger partial charge on any atom is 0.257 e. The number of hydrogen-bond acceptors (Lipinski definition) is 4. The quantitative estimate of drug-likeness (QED) is 0.628. The molecule has 2 aromatic carbocycles. The molecule has 144 valence electrons. The van der Waals surface area contributed by atoms with Crippen molar-refractivity contribution in [1.82, 2.24) is 4.90 Å². The summed E-state index contributed by atoms with van der Waals surface area (Å²) in [6.45, 7) is 2.22. The fraction of sp³-hybridized carbons (Fsp3) is 0.200. The highest BCUT2D eigenvalue weighted by molar-refractivity contribution is 6.31. The van der Waals surface area contributed by atoms with Crippen LogP contribution in [0.2, 0.25) is 0 Å². The fourth-order valence-corrected chi connectivity index (χ4v) is 3.42. The van der Waals surface area contributed by atoms with E-state index < -0.39 is 17.5 Å². The number of hydrogen-bond donors (Lipinski definition) is 2. The van der Waals surface area contributed by atoms with E-state index in [1.165, 1.54) is 24.4 Å². The maximum absolute atomic E-state index is 14.6. The molecule has 0 aliphatic carbocycles. The smallest absolute Gasteiger partial charge is 0.257 e. The Labute approximate surface area is 160 Å². The van der Waals surface area contributed by atoms with E-state index in [0.717, 1.165) is 6.41 Å². The van der Waals surface area contributed by atoms with Crippen molar-refractivity contribution in [3.63, 3.8) is 0 Å². The predicted molar refractivity (Wildman–Crippen MR) is 103 cm³/mol. The monoisotopic (exact) mass is 384 g/mol. The molecule has 0 aromatic heterocycles. The molecule has 0 radical (unpaired) electrons. The number of nitrogens with zero attached hydrogens (tertiary/aromatic N) is 2. The van der Waals surface area contributed by atoms with Crippen molar-refractivity contribution in [2.24, 2.45) is 0 Å². The summed E-state index contributed by atoms with van der Waals surface area (Å²) in [5.74, 6) is -1.33. The zero-order valence-electron chi connectivity index (χ0n) is 14.9. The molecule has 28 heavy (non-hydrogen) atoms. The summed E-state index contributed by atoms with van der Waals surface area (Å²) in [6.07, 6.45) is 2.18. The van der Waals surface area contributed by atoms with E-state index in [0.29, 0.717) is 43.2 Å². The number of rotatable bonds is 4. The molecular formula is C20H18F2N4O2. The highest BCUT2D eigenvalue weighted by atomic mass is 19.1. The summed E-state index contributed by atoms with van der Waals surface area (Å²) in [7, 11) is 0. The summed E-state index contributed by atoms with van der Waals surface area (Å²) in [5, 5.41) is 5.47. The lowest BCUT2D eigenvalue weighted by Gasteiger charge is -2.34. The molecule has 0 atom stereocenters. The van der Waals surface area contributed by atoms with Crippen molar-refractivity contribution in [2.45, 2.75) is 0 Å². The zero-order chi connectivity index (χ0) is 19.7. The van der Waals surface area contributed by atoms with E-state index in [-0.39, 0.29) is 11.1 Å². The molecule has 2 aromatic rings. The molecule has 0 saturated carbocycles.